The number of nitrogens with one attached hydrogen (secondary N) is 1. The van der Waals surface area contributed by atoms with E-state index in [9.17, 15) is 9.59 Å². The maximum Gasteiger partial charge on any atom is 0.251 e. The van der Waals surface area contributed by atoms with Gasteiger partial charge in [0.1, 0.15) is 5.75 Å². The fraction of sp³-hybridized carbons (Fsp3) is 0.500. The number of halogens is 2. The zero-order chi connectivity index (χ0) is 25.2. The fourth-order valence-corrected chi connectivity index (χ4v) is 6.34. The highest BCUT2D eigenvalue weighted by Crippen LogP contribution is 2.43. The van der Waals surface area contributed by atoms with Crippen LogP contribution in [0.5, 0.6) is 5.75 Å². The van der Waals surface area contributed by atoms with Crippen molar-refractivity contribution in [1.29, 1.82) is 0 Å². The third kappa shape index (κ3) is 5.36. The lowest BCUT2D eigenvalue weighted by Gasteiger charge is -2.40. The van der Waals surface area contributed by atoms with E-state index in [0.717, 1.165) is 44.6 Å². The number of hydrogen-bond acceptors (Lipinski definition) is 4. The molecule has 2 aromatic carbocycles. The summed E-state index contributed by atoms with van der Waals surface area (Å²) in [5, 5.41) is 3.49. The Morgan fingerprint density at radius 3 is 2.42 bits per heavy atom. The Bertz CT molecular complexity index is 1110. The largest absolute Gasteiger partial charge is 0.496 e. The minimum absolute atomic E-state index is 0.00767. The lowest BCUT2D eigenvalue weighted by Crippen LogP contribution is -2.51. The smallest absolute Gasteiger partial charge is 0.251 e. The molecule has 2 aromatic rings. The van der Waals surface area contributed by atoms with E-state index in [0.29, 0.717) is 33.5 Å². The molecule has 2 aliphatic heterocycles. The molecule has 0 aromatic heterocycles. The van der Waals surface area contributed by atoms with E-state index in [1.54, 1.807) is 19.2 Å². The first-order valence-corrected chi connectivity index (χ1v) is 13.6. The van der Waals surface area contributed by atoms with Crippen molar-refractivity contribution in [2.45, 2.75) is 50.1 Å². The van der Waals surface area contributed by atoms with Crippen LogP contribution < -0.4 is 10.1 Å². The normalized spacial score (nSPS) is 23.0. The van der Waals surface area contributed by atoms with Crippen molar-refractivity contribution in [2.75, 3.05) is 33.3 Å². The predicted octanol–water partition coefficient (Wildman–Crippen LogP) is 4.99. The number of methoxy groups -OCH3 is 1. The van der Waals surface area contributed by atoms with Gasteiger partial charge in [0.05, 0.1) is 29.7 Å². The number of benzene rings is 2. The lowest BCUT2D eigenvalue weighted by atomic mass is 9.87. The van der Waals surface area contributed by atoms with Gasteiger partial charge in [0.15, 0.2) is 0 Å². The van der Waals surface area contributed by atoms with Crippen molar-refractivity contribution < 1.29 is 14.3 Å². The van der Waals surface area contributed by atoms with Gasteiger partial charge in [-0.05, 0) is 86.9 Å². The molecule has 0 unspecified atom stereocenters. The van der Waals surface area contributed by atoms with Crippen LogP contribution in [0.25, 0.3) is 0 Å². The molecule has 1 aliphatic carbocycles. The summed E-state index contributed by atoms with van der Waals surface area (Å²) < 4.78 is 5.60. The van der Waals surface area contributed by atoms with Gasteiger partial charge in [-0.25, -0.2) is 0 Å². The molecule has 1 N–H and O–H groups in total. The van der Waals surface area contributed by atoms with Gasteiger partial charge in [-0.1, -0.05) is 41.4 Å². The Morgan fingerprint density at radius 2 is 1.72 bits per heavy atom. The number of ether oxygens (including phenoxy) is 1. The molecule has 0 radical (unpaired) electrons. The molecule has 2 saturated heterocycles. The highest BCUT2D eigenvalue weighted by atomic mass is 35.5. The number of carbonyl (C=O) groups excluding carboxylic acids is 2. The molecule has 2 amide bonds. The molecular weight excluding hydrogens is 497 g/mol. The monoisotopic (exact) mass is 529 g/mol. The lowest BCUT2D eigenvalue weighted by molar-refractivity contribution is -0.131. The van der Waals surface area contributed by atoms with Crippen molar-refractivity contribution in [3.8, 4) is 5.75 Å². The number of likely N-dealkylation sites (tertiary alicyclic amines) is 2. The number of piperidine rings is 1. The summed E-state index contributed by atoms with van der Waals surface area (Å²) in [6.07, 6.45) is 5.55. The minimum Gasteiger partial charge on any atom is -0.496 e. The zero-order valence-electron chi connectivity index (χ0n) is 20.6. The summed E-state index contributed by atoms with van der Waals surface area (Å²) in [6.45, 7) is 2.81. The molecule has 8 heteroatoms. The van der Waals surface area contributed by atoms with Gasteiger partial charge < -0.3 is 15.0 Å². The Labute approximate surface area is 222 Å². The molecule has 192 valence electrons. The zero-order valence-corrected chi connectivity index (χ0v) is 22.1. The van der Waals surface area contributed by atoms with E-state index in [4.69, 9.17) is 27.9 Å². The second-order valence-corrected chi connectivity index (χ2v) is 10.9. The van der Waals surface area contributed by atoms with Crippen LogP contribution >= 0.6 is 23.2 Å². The van der Waals surface area contributed by atoms with Gasteiger partial charge in [-0.2, -0.15) is 0 Å². The van der Waals surface area contributed by atoms with E-state index in [1.165, 1.54) is 24.5 Å². The second-order valence-electron chi connectivity index (χ2n) is 10.1. The average molecular weight is 530 g/mol. The molecule has 1 saturated carbocycles. The van der Waals surface area contributed by atoms with Gasteiger partial charge in [0, 0.05) is 18.2 Å². The third-order valence-corrected chi connectivity index (χ3v) is 8.74. The standard InChI is InChI=1S/C28H33Cl2N3O3/c1-36-25-5-3-2-4-21(25)18-10-13-32(14-11-18)24-12-15-33(27(24)19-6-7-19)26(34)17-31-28(35)20-8-9-22(29)23(30)16-20/h2-5,8-9,16,18-19,24,27H,6-7,10-15,17H2,1H3,(H,31,35)/t24-,27+/m1/s1. The number of rotatable bonds is 7. The van der Waals surface area contributed by atoms with Gasteiger partial charge in [0.25, 0.3) is 5.91 Å². The number of carbonyl (C=O) groups is 2. The fourth-order valence-electron chi connectivity index (χ4n) is 6.04. The molecule has 6 nitrogen and oxygen atoms in total. The third-order valence-electron chi connectivity index (χ3n) is 8.00. The summed E-state index contributed by atoms with van der Waals surface area (Å²) in [4.78, 5) is 30.4. The summed E-state index contributed by atoms with van der Waals surface area (Å²) >= 11 is 12.0. The summed E-state index contributed by atoms with van der Waals surface area (Å²) in [5.41, 5.74) is 1.70. The Morgan fingerprint density at radius 1 is 0.972 bits per heavy atom. The first kappa shape index (κ1) is 25.4. The van der Waals surface area contributed by atoms with Crippen LogP contribution in [0.4, 0.5) is 0 Å². The highest BCUT2D eigenvalue weighted by molar-refractivity contribution is 6.42. The molecular formula is C28H33Cl2N3O3. The average Bonchev–Trinajstić information content (AvgIpc) is 3.66. The van der Waals surface area contributed by atoms with Crippen molar-refractivity contribution in [3.05, 3.63) is 63.6 Å². The van der Waals surface area contributed by atoms with E-state index < -0.39 is 0 Å². The molecule has 0 spiro atoms. The number of amides is 2. The number of nitrogens with zero attached hydrogens (tertiary/aromatic N) is 2. The minimum atomic E-state index is -0.320. The predicted molar refractivity (Wildman–Crippen MR) is 142 cm³/mol. The SMILES string of the molecule is COc1ccccc1C1CCN([C@@H]2CCN(C(=O)CNC(=O)c3ccc(Cl)c(Cl)c3)[C@H]2C2CC2)CC1. The maximum absolute atomic E-state index is 13.2. The highest BCUT2D eigenvalue weighted by Gasteiger charge is 2.48. The molecule has 0 bridgehead atoms. The van der Waals surface area contributed by atoms with E-state index in [-0.39, 0.29) is 24.4 Å². The Kier molecular flexibility index (Phi) is 7.75. The summed E-state index contributed by atoms with van der Waals surface area (Å²) in [6, 6.07) is 13.7. The van der Waals surface area contributed by atoms with Gasteiger partial charge >= 0.3 is 0 Å². The topological polar surface area (TPSA) is 61.9 Å². The van der Waals surface area contributed by atoms with E-state index in [1.807, 2.05) is 17.0 Å². The molecule has 3 aliphatic rings. The number of para-hydroxylation sites is 1. The van der Waals surface area contributed by atoms with E-state index >= 15 is 0 Å². The summed E-state index contributed by atoms with van der Waals surface area (Å²) in [7, 11) is 1.74. The van der Waals surface area contributed by atoms with Crippen LogP contribution in [-0.4, -0.2) is 67.0 Å². The van der Waals surface area contributed by atoms with Crippen molar-refractivity contribution in [3.63, 3.8) is 0 Å². The summed E-state index contributed by atoms with van der Waals surface area (Å²) in [5.74, 6) is 1.73. The van der Waals surface area contributed by atoms with Crippen molar-refractivity contribution in [2.24, 2.45) is 5.92 Å². The van der Waals surface area contributed by atoms with Crippen LogP contribution in [0.15, 0.2) is 42.5 Å². The first-order chi connectivity index (χ1) is 17.5. The molecule has 2 heterocycles. The maximum atomic E-state index is 13.2. The van der Waals surface area contributed by atoms with Crippen molar-refractivity contribution in [1.82, 2.24) is 15.1 Å². The van der Waals surface area contributed by atoms with Crippen LogP contribution in [0.1, 0.15) is 53.9 Å². The van der Waals surface area contributed by atoms with Crippen LogP contribution in [0.2, 0.25) is 10.0 Å². The van der Waals surface area contributed by atoms with Gasteiger partial charge in [-0.3, -0.25) is 14.5 Å². The Balaban J connectivity index is 1.19. The van der Waals surface area contributed by atoms with Crippen LogP contribution in [0, 0.1) is 5.92 Å². The molecule has 3 fully saturated rings. The van der Waals surface area contributed by atoms with Crippen LogP contribution in [0.3, 0.4) is 0 Å². The molecule has 5 rings (SSSR count). The second kappa shape index (κ2) is 11.0. The molecule has 2 atom stereocenters. The van der Waals surface area contributed by atoms with Crippen LogP contribution in [-0.2, 0) is 4.79 Å². The van der Waals surface area contributed by atoms with Crippen molar-refractivity contribution >= 4 is 35.0 Å². The Hall–Kier alpha value is -2.28. The van der Waals surface area contributed by atoms with Gasteiger partial charge in [0.2, 0.25) is 5.91 Å². The van der Waals surface area contributed by atoms with E-state index in [2.05, 4.69) is 22.3 Å². The molecule has 36 heavy (non-hydrogen) atoms. The quantitative estimate of drug-likeness (QED) is 0.548. The van der Waals surface area contributed by atoms with Gasteiger partial charge in [-0.15, -0.1) is 0 Å². The number of hydrogen-bond donors (Lipinski definition) is 1. The first-order valence-electron chi connectivity index (χ1n) is 12.9.